The number of piperidine rings is 1. The van der Waals surface area contributed by atoms with E-state index in [1.165, 1.54) is 0 Å². The molecule has 2 rings (SSSR count). The van der Waals surface area contributed by atoms with Gasteiger partial charge in [0, 0.05) is 25.0 Å². The average molecular weight is 225 g/mol. The summed E-state index contributed by atoms with van der Waals surface area (Å²) in [6.07, 6.45) is 2.80. The Balaban J connectivity index is 2.08. The van der Waals surface area contributed by atoms with E-state index in [1.807, 2.05) is 0 Å². The summed E-state index contributed by atoms with van der Waals surface area (Å²) in [6.45, 7) is 9.55. The van der Waals surface area contributed by atoms with Gasteiger partial charge in [-0.25, -0.2) is 0 Å². The zero-order chi connectivity index (χ0) is 11.8. The molecule has 16 heavy (non-hydrogen) atoms. The maximum atomic E-state index is 11.5. The lowest BCUT2D eigenvalue weighted by Crippen LogP contribution is -2.71. The van der Waals surface area contributed by atoms with Crippen molar-refractivity contribution in [2.24, 2.45) is 0 Å². The molecule has 0 bridgehead atoms. The van der Waals surface area contributed by atoms with E-state index in [9.17, 15) is 4.79 Å². The molecule has 0 aromatic rings. The summed E-state index contributed by atoms with van der Waals surface area (Å²) in [5, 5.41) is 6.64. The fourth-order valence-corrected chi connectivity index (χ4v) is 2.66. The Morgan fingerprint density at radius 1 is 1.38 bits per heavy atom. The molecule has 4 heteroatoms. The number of hydrogen-bond donors (Lipinski definition) is 2. The minimum absolute atomic E-state index is 0.166. The number of carbonyl (C=O) groups is 1. The Kier molecular flexibility index (Phi) is 2.97. The number of nitrogens with zero attached hydrogens (tertiary/aromatic N) is 1. The predicted molar refractivity (Wildman–Crippen MR) is 64.1 cm³/mol. The number of rotatable bonds is 0. The molecule has 1 spiro atoms. The van der Waals surface area contributed by atoms with Crippen LogP contribution in [-0.4, -0.2) is 41.6 Å². The van der Waals surface area contributed by atoms with Gasteiger partial charge >= 0.3 is 0 Å². The molecular formula is C12H23N3O. The van der Waals surface area contributed by atoms with Crippen molar-refractivity contribution >= 4 is 5.91 Å². The lowest BCUT2D eigenvalue weighted by molar-refractivity contribution is -0.127. The Bertz CT molecular complexity index is 280. The summed E-state index contributed by atoms with van der Waals surface area (Å²) < 4.78 is 0. The van der Waals surface area contributed by atoms with Crippen molar-refractivity contribution in [1.82, 2.24) is 15.5 Å². The highest BCUT2D eigenvalue weighted by Gasteiger charge is 2.41. The van der Waals surface area contributed by atoms with Crippen LogP contribution in [0.15, 0.2) is 0 Å². The van der Waals surface area contributed by atoms with Crippen LogP contribution >= 0.6 is 0 Å². The van der Waals surface area contributed by atoms with Gasteiger partial charge in [0.1, 0.15) is 5.66 Å². The maximum Gasteiger partial charge on any atom is 0.222 e. The first-order chi connectivity index (χ1) is 7.41. The molecule has 2 fully saturated rings. The largest absolute Gasteiger partial charge is 0.337 e. The van der Waals surface area contributed by atoms with Gasteiger partial charge < -0.3 is 5.32 Å². The second kappa shape index (κ2) is 4.00. The van der Waals surface area contributed by atoms with Gasteiger partial charge in [0.25, 0.3) is 0 Å². The molecule has 0 radical (unpaired) electrons. The van der Waals surface area contributed by atoms with Gasteiger partial charge in [0.15, 0.2) is 0 Å². The van der Waals surface area contributed by atoms with E-state index in [0.29, 0.717) is 6.42 Å². The zero-order valence-corrected chi connectivity index (χ0v) is 10.6. The van der Waals surface area contributed by atoms with Crippen molar-refractivity contribution in [3.8, 4) is 0 Å². The van der Waals surface area contributed by atoms with Crippen LogP contribution in [0.1, 0.15) is 40.0 Å². The van der Waals surface area contributed by atoms with Crippen LogP contribution in [0.4, 0.5) is 0 Å². The zero-order valence-electron chi connectivity index (χ0n) is 10.6. The Morgan fingerprint density at radius 3 is 2.75 bits per heavy atom. The summed E-state index contributed by atoms with van der Waals surface area (Å²) in [6, 6.07) is 0. The predicted octanol–water partition coefficient (Wildman–Crippen LogP) is 0.686. The van der Waals surface area contributed by atoms with E-state index in [4.69, 9.17) is 0 Å². The van der Waals surface area contributed by atoms with Gasteiger partial charge in [-0.2, -0.15) is 0 Å². The van der Waals surface area contributed by atoms with E-state index in [2.05, 4.69) is 36.3 Å². The summed E-state index contributed by atoms with van der Waals surface area (Å²) in [4.78, 5) is 14.0. The van der Waals surface area contributed by atoms with Gasteiger partial charge in [-0.15, -0.1) is 0 Å². The van der Waals surface area contributed by atoms with Crippen LogP contribution in [0.25, 0.3) is 0 Å². The lowest BCUT2D eigenvalue weighted by atomic mass is 9.92. The van der Waals surface area contributed by atoms with Crippen LogP contribution in [0.5, 0.6) is 0 Å². The fraction of sp³-hybridized carbons (Fsp3) is 0.917. The fourth-order valence-electron chi connectivity index (χ4n) is 2.66. The SMILES string of the molecule is CC(C)(C)N1CCCC2(C1)NCCC(=O)N2. The lowest BCUT2D eigenvalue weighted by Gasteiger charge is -2.50. The first kappa shape index (κ1) is 11.9. The number of hydrogen-bond acceptors (Lipinski definition) is 3. The molecule has 1 atom stereocenters. The van der Waals surface area contributed by atoms with Gasteiger partial charge in [-0.3, -0.25) is 15.0 Å². The molecule has 2 saturated heterocycles. The molecule has 1 amide bonds. The van der Waals surface area contributed by atoms with Crippen molar-refractivity contribution in [2.75, 3.05) is 19.6 Å². The number of nitrogens with one attached hydrogen (secondary N) is 2. The molecule has 92 valence electrons. The monoisotopic (exact) mass is 225 g/mol. The minimum atomic E-state index is -0.166. The number of carbonyl (C=O) groups excluding carboxylic acids is 1. The number of likely N-dealkylation sites (tertiary alicyclic amines) is 1. The number of amides is 1. The summed E-state index contributed by atoms with van der Waals surface area (Å²) in [5.41, 5.74) is 0.0120. The van der Waals surface area contributed by atoms with Crippen LogP contribution < -0.4 is 10.6 Å². The van der Waals surface area contributed by atoms with Crippen LogP contribution in [0.2, 0.25) is 0 Å². The molecule has 0 aliphatic carbocycles. The molecule has 0 aromatic heterocycles. The van der Waals surface area contributed by atoms with Crippen molar-refractivity contribution in [3.05, 3.63) is 0 Å². The molecule has 2 aliphatic heterocycles. The molecule has 2 aliphatic rings. The quantitative estimate of drug-likeness (QED) is 0.637. The third-order valence-electron chi connectivity index (χ3n) is 3.64. The summed E-state index contributed by atoms with van der Waals surface area (Å²) in [5.74, 6) is 0.189. The smallest absolute Gasteiger partial charge is 0.222 e. The molecule has 2 heterocycles. The molecule has 0 saturated carbocycles. The van der Waals surface area contributed by atoms with E-state index in [-0.39, 0.29) is 17.1 Å². The molecule has 0 aromatic carbocycles. The summed E-state index contributed by atoms with van der Waals surface area (Å²) >= 11 is 0. The molecular weight excluding hydrogens is 202 g/mol. The van der Waals surface area contributed by atoms with Crippen molar-refractivity contribution in [1.29, 1.82) is 0 Å². The van der Waals surface area contributed by atoms with E-state index >= 15 is 0 Å². The Labute approximate surface area is 97.8 Å². The van der Waals surface area contributed by atoms with Gasteiger partial charge in [0.05, 0.1) is 0 Å². The molecule has 4 nitrogen and oxygen atoms in total. The van der Waals surface area contributed by atoms with Crippen molar-refractivity contribution in [3.63, 3.8) is 0 Å². The highest BCUT2D eigenvalue weighted by molar-refractivity contribution is 5.77. The standard InChI is InChI=1S/C12H23N3O/c1-11(2,3)15-8-4-6-12(9-15)13-7-5-10(16)14-12/h13H,4-9H2,1-3H3,(H,14,16). The van der Waals surface area contributed by atoms with Crippen LogP contribution in [-0.2, 0) is 4.79 Å². The van der Waals surface area contributed by atoms with E-state index in [0.717, 1.165) is 32.5 Å². The topological polar surface area (TPSA) is 44.4 Å². The Hall–Kier alpha value is -0.610. The van der Waals surface area contributed by atoms with E-state index in [1.54, 1.807) is 0 Å². The maximum absolute atomic E-state index is 11.5. The molecule has 2 N–H and O–H groups in total. The first-order valence-electron chi connectivity index (χ1n) is 6.22. The third-order valence-corrected chi connectivity index (χ3v) is 3.64. The van der Waals surface area contributed by atoms with Crippen molar-refractivity contribution < 1.29 is 4.79 Å². The second-order valence-corrected chi connectivity index (χ2v) is 6.00. The molecule has 1 unspecified atom stereocenters. The van der Waals surface area contributed by atoms with Gasteiger partial charge in [-0.05, 0) is 40.2 Å². The highest BCUT2D eigenvalue weighted by Crippen LogP contribution is 2.26. The van der Waals surface area contributed by atoms with Crippen LogP contribution in [0, 0.1) is 0 Å². The van der Waals surface area contributed by atoms with Crippen molar-refractivity contribution in [2.45, 2.75) is 51.2 Å². The van der Waals surface area contributed by atoms with Gasteiger partial charge in [0.2, 0.25) is 5.91 Å². The minimum Gasteiger partial charge on any atom is -0.337 e. The van der Waals surface area contributed by atoms with Crippen LogP contribution in [0.3, 0.4) is 0 Å². The summed E-state index contributed by atoms with van der Waals surface area (Å²) in [7, 11) is 0. The second-order valence-electron chi connectivity index (χ2n) is 6.00. The Morgan fingerprint density at radius 2 is 2.12 bits per heavy atom. The normalized spacial score (nSPS) is 32.8. The van der Waals surface area contributed by atoms with E-state index < -0.39 is 0 Å². The highest BCUT2D eigenvalue weighted by atomic mass is 16.2. The first-order valence-corrected chi connectivity index (χ1v) is 6.22. The third kappa shape index (κ3) is 2.38. The average Bonchev–Trinajstić information content (AvgIpc) is 2.16. The van der Waals surface area contributed by atoms with Gasteiger partial charge in [-0.1, -0.05) is 0 Å².